The van der Waals surface area contributed by atoms with E-state index in [1.54, 1.807) is 30.8 Å². The zero-order valence-corrected chi connectivity index (χ0v) is 16.8. The van der Waals surface area contributed by atoms with Gasteiger partial charge in [0.25, 0.3) is 0 Å². The molecule has 2 aromatic carbocycles. The minimum absolute atomic E-state index is 0.0366. The minimum atomic E-state index is -3.25. The predicted octanol–water partition coefficient (Wildman–Crippen LogP) is 3.34. The van der Waals surface area contributed by atoms with Crippen molar-refractivity contribution in [1.29, 1.82) is 0 Å². The first-order valence-electron chi connectivity index (χ1n) is 8.58. The summed E-state index contributed by atoms with van der Waals surface area (Å²) in [6, 6.07) is 16.1. The Morgan fingerprint density at radius 1 is 1.07 bits per heavy atom. The van der Waals surface area contributed by atoms with Gasteiger partial charge in [0.1, 0.15) is 0 Å². The highest BCUT2D eigenvalue weighted by molar-refractivity contribution is 7.98. The second-order valence-corrected chi connectivity index (χ2v) is 9.20. The van der Waals surface area contributed by atoms with E-state index in [1.165, 1.54) is 12.1 Å². The molecule has 3 rings (SSSR count). The van der Waals surface area contributed by atoms with E-state index < -0.39 is 9.84 Å². The fourth-order valence-corrected chi connectivity index (χ4v) is 3.99. The molecule has 0 unspecified atom stereocenters. The molecule has 3 aromatic rings. The quantitative estimate of drug-likeness (QED) is 0.561. The molecule has 0 saturated carbocycles. The Morgan fingerprint density at radius 3 is 2.46 bits per heavy atom. The Balaban J connectivity index is 1.53. The van der Waals surface area contributed by atoms with Gasteiger partial charge in [0.15, 0.2) is 9.84 Å². The Labute approximate surface area is 167 Å². The SMILES string of the molecule is CCS(=O)(=O)c1ccc(CC(=O)Nc2nnc(CSc3ccccc3)o2)cc1. The Morgan fingerprint density at radius 2 is 1.79 bits per heavy atom. The van der Waals surface area contributed by atoms with Gasteiger partial charge in [-0.1, -0.05) is 42.4 Å². The van der Waals surface area contributed by atoms with E-state index in [0.29, 0.717) is 17.2 Å². The molecular weight excluding hydrogens is 398 g/mol. The number of carbonyl (C=O) groups is 1. The Hall–Kier alpha value is -2.65. The van der Waals surface area contributed by atoms with Crippen molar-refractivity contribution in [1.82, 2.24) is 10.2 Å². The molecule has 0 saturated heterocycles. The molecule has 7 nitrogen and oxygen atoms in total. The van der Waals surface area contributed by atoms with Gasteiger partial charge in [0, 0.05) is 4.90 Å². The highest BCUT2D eigenvalue weighted by atomic mass is 32.2. The van der Waals surface area contributed by atoms with Crippen LogP contribution in [0.2, 0.25) is 0 Å². The van der Waals surface area contributed by atoms with Gasteiger partial charge in [0.2, 0.25) is 11.8 Å². The number of carbonyl (C=O) groups excluding carboxylic acids is 1. The molecule has 0 aliphatic carbocycles. The molecule has 0 aliphatic rings. The largest absolute Gasteiger partial charge is 0.407 e. The highest BCUT2D eigenvalue weighted by Crippen LogP contribution is 2.22. The maximum absolute atomic E-state index is 12.1. The van der Waals surface area contributed by atoms with E-state index in [0.717, 1.165) is 4.90 Å². The summed E-state index contributed by atoms with van der Waals surface area (Å²) in [6.45, 7) is 1.59. The van der Waals surface area contributed by atoms with Gasteiger partial charge in [-0.05, 0) is 29.8 Å². The van der Waals surface area contributed by atoms with Crippen molar-refractivity contribution in [3.05, 3.63) is 66.1 Å². The van der Waals surface area contributed by atoms with Crippen molar-refractivity contribution in [2.45, 2.75) is 28.9 Å². The van der Waals surface area contributed by atoms with Gasteiger partial charge in [0.05, 0.1) is 22.8 Å². The smallest absolute Gasteiger partial charge is 0.322 e. The second-order valence-electron chi connectivity index (χ2n) is 5.88. The normalized spacial score (nSPS) is 11.3. The van der Waals surface area contributed by atoms with Crippen LogP contribution in [0.1, 0.15) is 18.4 Å². The fraction of sp³-hybridized carbons (Fsp3) is 0.211. The molecule has 146 valence electrons. The molecule has 0 bridgehead atoms. The van der Waals surface area contributed by atoms with Crippen LogP contribution in [-0.4, -0.2) is 30.3 Å². The van der Waals surface area contributed by atoms with Crippen molar-refractivity contribution >= 4 is 33.5 Å². The monoisotopic (exact) mass is 417 g/mol. The fourth-order valence-electron chi connectivity index (χ4n) is 2.35. The summed E-state index contributed by atoms with van der Waals surface area (Å²) >= 11 is 1.56. The average Bonchev–Trinajstić information content (AvgIpc) is 3.14. The minimum Gasteiger partial charge on any atom is -0.407 e. The van der Waals surface area contributed by atoms with Crippen LogP contribution in [0.15, 0.2) is 68.8 Å². The lowest BCUT2D eigenvalue weighted by molar-refractivity contribution is -0.115. The highest BCUT2D eigenvalue weighted by Gasteiger charge is 2.13. The van der Waals surface area contributed by atoms with Crippen molar-refractivity contribution in [2.24, 2.45) is 0 Å². The van der Waals surface area contributed by atoms with E-state index in [4.69, 9.17) is 4.42 Å². The third kappa shape index (κ3) is 5.43. The number of anilines is 1. The first-order chi connectivity index (χ1) is 13.5. The average molecular weight is 418 g/mol. The van der Waals surface area contributed by atoms with Crippen LogP contribution in [0.3, 0.4) is 0 Å². The second kappa shape index (κ2) is 9.03. The van der Waals surface area contributed by atoms with E-state index in [-0.39, 0.29) is 29.0 Å². The van der Waals surface area contributed by atoms with E-state index in [1.807, 2.05) is 30.3 Å². The summed E-state index contributed by atoms with van der Waals surface area (Å²) in [7, 11) is -3.25. The van der Waals surface area contributed by atoms with Crippen LogP contribution in [0.25, 0.3) is 0 Å². The topological polar surface area (TPSA) is 102 Å². The third-order valence-corrected chi connectivity index (χ3v) is 6.59. The maximum Gasteiger partial charge on any atom is 0.322 e. The van der Waals surface area contributed by atoms with Crippen molar-refractivity contribution < 1.29 is 17.6 Å². The lowest BCUT2D eigenvalue weighted by Gasteiger charge is -2.04. The van der Waals surface area contributed by atoms with Gasteiger partial charge >= 0.3 is 6.01 Å². The standard InChI is InChI=1S/C19H19N3O4S2/c1-2-28(24,25)16-10-8-14(9-11-16)12-17(23)20-19-22-21-18(26-19)13-27-15-6-4-3-5-7-15/h3-11H,2,12-13H2,1H3,(H,20,22,23). The number of hydrogen-bond donors (Lipinski definition) is 1. The Bertz CT molecular complexity index is 1030. The molecular formula is C19H19N3O4S2. The van der Waals surface area contributed by atoms with Crippen LogP contribution >= 0.6 is 11.8 Å². The lowest BCUT2D eigenvalue weighted by Crippen LogP contribution is -2.14. The first-order valence-corrected chi connectivity index (χ1v) is 11.2. The number of thioether (sulfide) groups is 1. The molecule has 0 fully saturated rings. The van der Waals surface area contributed by atoms with Gasteiger partial charge < -0.3 is 4.42 Å². The van der Waals surface area contributed by atoms with E-state index in [9.17, 15) is 13.2 Å². The molecule has 0 spiro atoms. The zero-order valence-electron chi connectivity index (χ0n) is 15.2. The molecule has 1 amide bonds. The summed E-state index contributed by atoms with van der Waals surface area (Å²) in [5, 5.41) is 10.3. The maximum atomic E-state index is 12.1. The molecule has 28 heavy (non-hydrogen) atoms. The summed E-state index contributed by atoms with van der Waals surface area (Å²) in [4.78, 5) is 13.5. The number of aromatic nitrogens is 2. The summed E-state index contributed by atoms with van der Waals surface area (Å²) in [5.41, 5.74) is 0.687. The first kappa shape index (κ1) is 20.1. The number of hydrogen-bond acceptors (Lipinski definition) is 7. The zero-order chi connectivity index (χ0) is 20.0. The van der Waals surface area contributed by atoms with Crippen molar-refractivity contribution in [3.63, 3.8) is 0 Å². The number of nitrogens with zero attached hydrogens (tertiary/aromatic N) is 2. The number of amides is 1. The molecule has 0 aliphatic heterocycles. The molecule has 1 heterocycles. The number of benzene rings is 2. The number of sulfone groups is 1. The summed E-state index contributed by atoms with van der Waals surface area (Å²) in [5.74, 6) is 0.630. The third-order valence-electron chi connectivity index (χ3n) is 3.85. The van der Waals surface area contributed by atoms with Crippen LogP contribution < -0.4 is 5.32 Å². The van der Waals surface area contributed by atoms with Gasteiger partial charge in [-0.15, -0.1) is 16.9 Å². The molecule has 0 radical (unpaired) electrons. The van der Waals surface area contributed by atoms with Gasteiger partial charge in [-0.3, -0.25) is 10.1 Å². The van der Waals surface area contributed by atoms with E-state index >= 15 is 0 Å². The Kier molecular flexibility index (Phi) is 6.48. The molecule has 0 atom stereocenters. The predicted molar refractivity (Wildman–Crippen MR) is 107 cm³/mol. The lowest BCUT2D eigenvalue weighted by atomic mass is 10.1. The van der Waals surface area contributed by atoms with Crippen LogP contribution in [0, 0.1) is 0 Å². The molecule has 1 aromatic heterocycles. The van der Waals surface area contributed by atoms with Crippen LogP contribution in [-0.2, 0) is 26.8 Å². The van der Waals surface area contributed by atoms with Gasteiger partial charge in [-0.2, -0.15) is 0 Å². The number of rotatable bonds is 8. The number of nitrogens with one attached hydrogen (secondary N) is 1. The molecule has 9 heteroatoms. The van der Waals surface area contributed by atoms with Crippen LogP contribution in [0.4, 0.5) is 6.01 Å². The van der Waals surface area contributed by atoms with Crippen LogP contribution in [0.5, 0.6) is 0 Å². The van der Waals surface area contributed by atoms with E-state index in [2.05, 4.69) is 15.5 Å². The summed E-state index contributed by atoms with van der Waals surface area (Å²) < 4.78 is 29.1. The van der Waals surface area contributed by atoms with Crippen molar-refractivity contribution in [2.75, 3.05) is 11.1 Å². The molecule has 1 N–H and O–H groups in total. The summed E-state index contributed by atoms with van der Waals surface area (Å²) in [6.07, 6.45) is 0.0724. The van der Waals surface area contributed by atoms with Crippen molar-refractivity contribution in [3.8, 4) is 0 Å². The van der Waals surface area contributed by atoms with Gasteiger partial charge in [-0.25, -0.2) is 8.42 Å².